The Balaban J connectivity index is 2.04. The number of benzene rings is 2. The lowest BCUT2D eigenvalue weighted by Crippen LogP contribution is -2.32. The molecule has 26 heavy (non-hydrogen) atoms. The van der Waals surface area contributed by atoms with Crippen LogP contribution >= 0.6 is 0 Å². The minimum absolute atomic E-state index is 0.109. The molecule has 0 atom stereocenters. The first kappa shape index (κ1) is 20.1. The number of carbonyl (C=O) groups excluding carboxylic acids is 1. The Bertz CT molecular complexity index is 849. The minimum Gasteiger partial charge on any atom is -0.326 e. The van der Waals surface area contributed by atoms with E-state index in [1.54, 1.807) is 0 Å². The highest BCUT2D eigenvalue weighted by atomic mass is 32.2. The molecular weight excluding hydrogens is 348 g/mol. The molecule has 6 heteroatoms. The van der Waals surface area contributed by atoms with E-state index in [2.05, 4.69) is 5.32 Å². The van der Waals surface area contributed by atoms with Gasteiger partial charge in [0.05, 0.1) is 6.26 Å². The van der Waals surface area contributed by atoms with Gasteiger partial charge in [-0.2, -0.15) is 4.31 Å². The maximum atomic E-state index is 12.4. The number of carbonyl (C=O) groups is 1. The average molecular weight is 375 g/mol. The molecule has 2 rings (SSSR count). The second kappa shape index (κ2) is 8.96. The third-order valence-corrected chi connectivity index (χ3v) is 5.51. The van der Waals surface area contributed by atoms with Crippen molar-refractivity contribution in [3.63, 3.8) is 0 Å². The number of nitrogens with zero attached hydrogens (tertiary/aromatic N) is 1. The molecule has 0 spiro atoms. The molecule has 0 bridgehead atoms. The van der Waals surface area contributed by atoms with Crippen LogP contribution in [0.15, 0.2) is 48.5 Å². The molecule has 140 valence electrons. The fourth-order valence-corrected chi connectivity index (χ4v) is 3.59. The number of para-hydroxylation sites is 1. The van der Waals surface area contributed by atoms with Crippen LogP contribution in [0.3, 0.4) is 0 Å². The Kier molecular flexibility index (Phi) is 6.94. The van der Waals surface area contributed by atoms with Crippen molar-refractivity contribution in [2.24, 2.45) is 0 Å². The van der Waals surface area contributed by atoms with Gasteiger partial charge in [-0.05, 0) is 30.0 Å². The van der Waals surface area contributed by atoms with Crippen LogP contribution in [0.5, 0.6) is 0 Å². The van der Waals surface area contributed by atoms with E-state index < -0.39 is 10.0 Å². The van der Waals surface area contributed by atoms with E-state index in [1.807, 2.05) is 62.4 Å². The molecule has 2 aromatic carbocycles. The second-order valence-electron chi connectivity index (χ2n) is 6.34. The third-order valence-electron chi connectivity index (χ3n) is 4.26. The highest BCUT2D eigenvalue weighted by Gasteiger charge is 2.19. The maximum Gasteiger partial charge on any atom is 0.225 e. The lowest BCUT2D eigenvalue weighted by molar-refractivity contribution is -0.116. The predicted molar refractivity (Wildman–Crippen MR) is 105 cm³/mol. The van der Waals surface area contributed by atoms with Crippen LogP contribution in [0.4, 0.5) is 5.69 Å². The molecule has 1 N–H and O–H groups in total. The summed E-state index contributed by atoms with van der Waals surface area (Å²) in [6.45, 7) is 4.40. The first-order chi connectivity index (χ1) is 12.3. The Morgan fingerprint density at radius 2 is 1.77 bits per heavy atom. The van der Waals surface area contributed by atoms with Gasteiger partial charge < -0.3 is 5.32 Å². The topological polar surface area (TPSA) is 66.5 Å². The normalized spacial score (nSPS) is 11.5. The molecule has 0 aliphatic rings. The van der Waals surface area contributed by atoms with Gasteiger partial charge in [-0.1, -0.05) is 55.5 Å². The smallest absolute Gasteiger partial charge is 0.225 e. The van der Waals surface area contributed by atoms with E-state index in [0.29, 0.717) is 0 Å². The fourth-order valence-electron chi connectivity index (χ4n) is 2.78. The number of sulfonamides is 1. The van der Waals surface area contributed by atoms with E-state index in [1.165, 1.54) is 10.6 Å². The number of nitrogens with one attached hydrogen (secondary N) is 1. The standard InChI is InChI=1S/C20H26N2O3S/c1-4-18-12-8-9-16(2)20(18)21-19(23)13-14-22(26(3,24)25)15-17-10-6-5-7-11-17/h5-12H,4,13-15H2,1-3H3,(H,21,23). The second-order valence-corrected chi connectivity index (χ2v) is 8.33. The molecule has 0 saturated carbocycles. The molecule has 5 nitrogen and oxygen atoms in total. The van der Waals surface area contributed by atoms with Crippen LogP contribution < -0.4 is 5.32 Å². The summed E-state index contributed by atoms with van der Waals surface area (Å²) in [6.07, 6.45) is 2.10. The number of amides is 1. The first-order valence-corrected chi connectivity index (χ1v) is 10.5. The SMILES string of the molecule is CCc1cccc(C)c1NC(=O)CCN(Cc1ccccc1)S(C)(=O)=O. The fraction of sp³-hybridized carbons (Fsp3) is 0.350. The van der Waals surface area contributed by atoms with Crippen molar-refractivity contribution in [2.75, 3.05) is 18.1 Å². The van der Waals surface area contributed by atoms with Gasteiger partial charge in [0.1, 0.15) is 0 Å². The highest BCUT2D eigenvalue weighted by Crippen LogP contribution is 2.21. The van der Waals surface area contributed by atoms with Crippen LogP contribution in [0.2, 0.25) is 0 Å². The van der Waals surface area contributed by atoms with E-state index in [4.69, 9.17) is 0 Å². The number of hydrogen-bond donors (Lipinski definition) is 1. The zero-order valence-electron chi connectivity index (χ0n) is 15.5. The monoisotopic (exact) mass is 374 g/mol. The molecule has 0 radical (unpaired) electrons. The third kappa shape index (κ3) is 5.68. The zero-order valence-corrected chi connectivity index (χ0v) is 16.3. The number of rotatable bonds is 8. The van der Waals surface area contributed by atoms with Gasteiger partial charge in [0.15, 0.2) is 0 Å². The summed E-state index contributed by atoms with van der Waals surface area (Å²) in [5.41, 5.74) is 3.80. The summed E-state index contributed by atoms with van der Waals surface area (Å²) < 4.78 is 25.4. The zero-order chi connectivity index (χ0) is 19.2. The van der Waals surface area contributed by atoms with Crippen LogP contribution in [0.1, 0.15) is 30.0 Å². The van der Waals surface area contributed by atoms with E-state index >= 15 is 0 Å². The molecule has 0 heterocycles. The number of anilines is 1. The van der Waals surface area contributed by atoms with Gasteiger partial charge in [0.25, 0.3) is 0 Å². The Morgan fingerprint density at radius 3 is 2.38 bits per heavy atom. The summed E-state index contributed by atoms with van der Waals surface area (Å²) >= 11 is 0. The average Bonchev–Trinajstić information content (AvgIpc) is 2.60. The lowest BCUT2D eigenvalue weighted by atomic mass is 10.1. The first-order valence-electron chi connectivity index (χ1n) is 8.68. The van der Waals surface area contributed by atoms with Gasteiger partial charge in [-0.3, -0.25) is 4.79 Å². The molecule has 0 saturated heterocycles. The predicted octanol–water partition coefficient (Wildman–Crippen LogP) is 3.35. The van der Waals surface area contributed by atoms with Crippen LogP contribution in [-0.4, -0.2) is 31.4 Å². The molecule has 0 aliphatic carbocycles. The van der Waals surface area contributed by atoms with E-state index in [9.17, 15) is 13.2 Å². The van der Waals surface area contributed by atoms with Gasteiger partial charge in [0.2, 0.25) is 15.9 Å². The summed E-state index contributed by atoms with van der Waals surface area (Å²) in [4.78, 5) is 12.4. The summed E-state index contributed by atoms with van der Waals surface area (Å²) in [7, 11) is -3.40. The van der Waals surface area contributed by atoms with Crippen molar-refractivity contribution in [2.45, 2.75) is 33.2 Å². The van der Waals surface area contributed by atoms with Gasteiger partial charge >= 0.3 is 0 Å². The lowest BCUT2D eigenvalue weighted by Gasteiger charge is -2.20. The van der Waals surface area contributed by atoms with E-state index in [0.717, 1.165) is 28.8 Å². The van der Waals surface area contributed by atoms with Crippen molar-refractivity contribution in [3.8, 4) is 0 Å². The van der Waals surface area contributed by atoms with Crippen LogP contribution in [-0.2, 0) is 27.8 Å². The molecular formula is C20H26N2O3S. The van der Waals surface area contributed by atoms with Crippen molar-refractivity contribution >= 4 is 21.6 Å². The molecule has 0 aromatic heterocycles. The van der Waals surface area contributed by atoms with Gasteiger partial charge in [-0.25, -0.2) is 8.42 Å². The number of aryl methyl sites for hydroxylation is 2. The van der Waals surface area contributed by atoms with E-state index in [-0.39, 0.29) is 25.4 Å². The highest BCUT2D eigenvalue weighted by molar-refractivity contribution is 7.88. The molecule has 0 aliphatic heterocycles. The van der Waals surface area contributed by atoms with Gasteiger partial charge in [0, 0.05) is 25.2 Å². The summed E-state index contributed by atoms with van der Waals surface area (Å²) in [6, 6.07) is 15.3. The summed E-state index contributed by atoms with van der Waals surface area (Å²) in [5.74, 6) is -0.185. The largest absolute Gasteiger partial charge is 0.326 e. The van der Waals surface area contributed by atoms with Crippen molar-refractivity contribution < 1.29 is 13.2 Å². The Labute approximate surface area is 156 Å². The van der Waals surface area contributed by atoms with Crippen molar-refractivity contribution in [1.29, 1.82) is 0 Å². The Morgan fingerprint density at radius 1 is 1.08 bits per heavy atom. The Hall–Kier alpha value is -2.18. The minimum atomic E-state index is -3.40. The van der Waals surface area contributed by atoms with Crippen molar-refractivity contribution in [3.05, 3.63) is 65.2 Å². The number of hydrogen-bond acceptors (Lipinski definition) is 3. The maximum absolute atomic E-state index is 12.4. The van der Waals surface area contributed by atoms with Gasteiger partial charge in [-0.15, -0.1) is 0 Å². The van der Waals surface area contributed by atoms with Crippen LogP contribution in [0, 0.1) is 6.92 Å². The molecule has 0 fully saturated rings. The molecule has 1 amide bonds. The molecule has 0 unspecified atom stereocenters. The van der Waals surface area contributed by atoms with Crippen LogP contribution in [0.25, 0.3) is 0 Å². The summed E-state index contributed by atoms with van der Waals surface area (Å²) in [5, 5.41) is 2.94. The van der Waals surface area contributed by atoms with Crippen molar-refractivity contribution in [1.82, 2.24) is 4.31 Å². The quantitative estimate of drug-likeness (QED) is 0.770. The molecule has 2 aromatic rings.